The lowest BCUT2D eigenvalue weighted by Gasteiger charge is -2.26. The Balaban J connectivity index is 3.32. The van der Waals surface area contributed by atoms with Gasteiger partial charge in [-0.15, -0.1) is 0 Å². The van der Waals surface area contributed by atoms with E-state index in [1.54, 1.807) is 31.2 Å². The Morgan fingerprint density at radius 3 is 1.95 bits per heavy atom. The number of hydrogen-bond acceptors (Lipinski definition) is 5. The van der Waals surface area contributed by atoms with Crippen molar-refractivity contribution < 1.29 is 23.9 Å². The zero-order valence-corrected chi connectivity index (χ0v) is 12.8. The van der Waals surface area contributed by atoms with Crippen LogP contribution in [0, 0.1) is 11.8 Å². The Kier molecular flexibility index (Phi) is 6.37. The molecular formula is C15H17ClO5. The first-order valence-electron chi connectivity index (χ1n) is 6.32. The number of benzene rings is 1. The molecule has 0 unspecified atom stereocenters. The summed E-state index contributed by atoms with van der Waals surface area (Å²) in [6.45, 7) is 1.63. The summed E-state index contributed by atoms with van der Waals surface area (Å²) in [5.41, 5.74) is 0.639. The fraction of sp³-hybridized carbons (Fsp3) is 0.400. The first-order valence-corrected chi connectivity index (χ1v) is 6.70. The lowest BCUT2D eigenvalue weighted by Crippen LogP contribution is -2.35. The number of carbonyl (C=O) groups is 3. The van der Waals surface area contributed by atoms with Gasteiger partial charge in [0.25, 0.3) is 0 Å². The number of aldehydes is 1. The molecule has 0 amide bonds. The van der Waals surface area contributed by atoms with Crippen molar-refractivity contribution in [2.45, 2.75) is 12.8 Å². The third-order valence-electron chi connectivity index (χ3n) is 3.31. The van der Waals surface area contributed by atoms with Crippen LogP contribution in [0.15, 0.2) is 24.3 Å². The number of rotatable bonds is 6. The monoisotopic (exact) mass is 312 g/mol. The molecule has 0 N–H and O–H groups in total. The zero-order valence-electron chi connectivity index (χ0n) is 12.0. The molecule has 1 aromatic carbocycles. The smallest absolute Gasteiger partial charge is 0.320 e. The molecular weight excluding hydrogens is 296 g/mol. The van der Waals surface area contributed by atoms with E-state index < -0.39 is 29.7 Å². The molecule has 1 aromatic rings. The number of esters is 2. The van der Waals surface area contributed by atoms with Crippen molar-refractivity contribution in [2.24, 2.45) is 11.8 Å². The van der Waals surface area contributed by atoms with E-state index in [-0.39, 0.29) is 0 Å². The molecule has 0 aliphatic carbocycles. The standard InChI is InChI=1S/C15H17ClO5/c1-9(8-17)12(10-4-6-11(16)7-5-10)13(14(18)20-2)15(19)21-3/h4-9,12-13H,1-3H3/t9-,12-/m0/s1. The van der Waals surface area contributed by atoms with Gasteiger partial charge in [-0.3, -0.25) is 9.59 Å². The lowest BCUT2D eigenvalue weighted by molar-refractivity contribution is -0.160. The molecule has 0 fully saturated rings. The predicted molar refractivity (Wildman–Crippen MR) is 76.9 cm³/mol. The summed E-state index contributed by atoms with van der Waals surface area (Å²) >= 11 is 5.84. The van der Waals surface area contributed by atoms with Gasteiger partial charge in [-0.25, -0.2) is 0 Å². The summed E-state index contributed by atoms with van der Waals surface area (Å²) in [7, 11) is 2.37. The highest BCUT2D eigenvalue weighted by molar-refractivity contribution is 6.30. The van der Waals surface area contributed by atoms with Crippen LogP contribution in [-0.2, 0) is 23.9 Å². The van der Waals surface area contributed by atoms with Crippen LogP contribution in [-0.4, -0.2) is 32.4 Å². The number of methoxy groups -OCH3 is 2. The number of halogens is 1. The highest BCUT2D eigenvalue weighted by Crippen LogP contribution is 2.33. The van der Waals surface area contributed by atoms with Crippen LogP contribution in [0.1, 0.15) is 18.4 Å². The zero-order chi connectivity index (χ0) is 16.0. The molecule has 21 heavy (non-hydrogen) atoms. The van der Waals surface area contributed by atoms with E-state index in [4.69, 9.17) is 11.6 Å². The molecule has 0 heterocycles. The second-order valence-corrected chi connectivity index (χ2v) is 5.03. The fourth-order valence-corrected chi connectivity index (χ4v) is 2.34. The van der Waals surface area contributed by atoms with Crippen LogP contribution in [0.3, 0.4) is 0 Å². The van der Waals surface area contributed by atoms with E-state index >= 15 is 0 Å². The Bertz CT molecular complexity index is 495. The number of carbonyl (C=O) groups excluding carboxylic acids is 3. The van der Waals surface area contributed by atoms with E-state index in [0.717, 1.165) is 0 Å². The van der Waals surface area contributed by atoms with Gasteiger partial charge in [0.1, 0.15) is 6.29 Å². The van der Waals surface area contributed by atoms with Crippen LogP contribution in [0.5, 0.6) is 0 Å². The van der Waals surface area contributed by atoms with Gasteiger partial charge in [-0.2, -0.15) is 0 Å². The third kappa shape index (κ3) is 4.04. The molecule has 114 valence electrons. The molecule has 2 atom stereocenters. The Morgan fingerprint density at radius 1 is 1.10 bits per heavy atom. The minimum Gasteiger partial charge on any atom is -0.468 e. The SMILES string of the molecule is COC(=O)C(C(=O)OC)[C@H](c1ccc(Cl)cc1)[C@@H](C)C=O. The first kappa shape index (κ1) is 17.2. The van der Waals surface area contributed by atoms with E-state index in [9.17, 15) is 14.4 Å². The van der Waals surface area contributed by atoms with E-state index in [0.29, 0.717) is 16.9 Å². The Labute approximate surface area is 128 Å². The summed E-state index contributed by atoms with van der Waals surface area (Å²) in [5.74, 6) is -3.94. The van der Waals surface area contributed by atoms with Crippen molar-refractivity contribution in [2.75, 3.05) is 14.2 Å². The average Bonchev–Trinajstić information content (AvgIpc) is 2.51. The number of ether oxygens (including phenoxy) is 2. The van der Waals surface area contributed by atoms with Gasteiger partial charge in [0, 0.05) is 16.9 Å². The van der Waals surface area contributed by atoms with Crippen LogP contribution in [0.2, 0.25) is 5.02 Å². The second-order valence-electron chi connectivity index (χ2n) is 4.60. The van der Waals surface area contributed by atoms with Gasteiger partial charge in [0.2, 0.25) is 0 Å². The lowest BCUT2D eigenvalue weighted by atomic mass is 9.78. The average molecular weight is 313 g/mol. The van der Waals surface area contributed by atoms with Gasteiger partial charge in [0.15, 0.2) is 5.92 Å². The Hall–Kier alpha value is -1.88. The van der Waals surface area contributed by atoms with Crippen LogP contribution in [0.25, 0.3) is 0 Å². The summed E-state index contributed by atoms with van der Waals surface area (Å²) in [4.78, 5) is 35.1. The highest BCUT2D eigenvalue weighted by Gasteiger charge is 2.40. The maximum atomic E-state index is 11.9. The molecule has 0 aliphatic heterocycles. The molecule has 0 bridgehead atoms. The molecule has 0 aliphatic rings. The van der Waals surface area contributed by atoms with E-state index in [1.165, 1.54) is 14.2 Å². The quantitative estimate of drug-likeness (QED) is 0.457. The van der Waals surface area contributed by atoms with Crippen molar-refractivity contribution in [1.29, 1.82) is 0 Å². The maximum Gasteiger partial charge on any atom is 0.320 e. The molecule has 0 saturated heterocycles. The topological polar surface area (TPSA) is 69.7 Å². The summed E-state index contributed by atoms with van der Waals surface area (Å²) in [5, 5.41) is 0.518. The van der Waals surface area contributed by atoms with Crippen LogP contribution < -0.4 is 0 Å². The molecule has 5 nitrogen and oxygen atoms in total. The first-order chi connectivity index (χ1) is 9.96. The van der Waals surface area contributed by atoms with Gasteiger partial charge in [-0.05, 0) is 17.7 Å². The van der Waals surface area contributed by atoms with Crippen molar-refractivity contribution in [3.8, 4) is 0 Å². The van der Waals surface area contributed by atoms with E-state index in [2.05, 4.69) is 9.47 Å². The third-order valence-corrected chi connectivity index (χ3v) is 3.56. The summed E-state index contributed by atoms with van der Waals surface area (Å²) in [6, 6.07) is 6.61. The molecule has 1 rings (SSSR count). The minimum absolute atomic E-state index is 0.518. The molecule has 0 saturated carbocycles. The van der Waals surface area contributed by atoms with Gasteiger partial charge >= 0.3 is 11.9 Å². The minimum atomic E-state index is -1.21. The molecule has 0 radical (unpaired) electrons. The van der Waals surface area contributed by atoms with Crippen LogP contribution >= 0.6 is 11.6 Å². The van der Waals surface area contributed by atoms with Gasteiger partial charge < -0.3 is 14.3 Å². The van der Waals surface area contributed by atoms with Gasteiger partial charge in [0.05, 0.1) is 14.2 Å². The summed E-state index contributed by atoms with van der Waals surface area (Å²) in [6.07, 6.45) is 0.693. The van der Waals surface area contributed by atoms with Crippen LogP contribution in [0.4, 0.5) is 0 Å². The molecule has 0 spiro atoms. The predicted octanol–water partition coefficient (Wildman–Crippen LogP) is 2.22. The van der Waals surface area contributed by atoms with Crippen molar-refractivity contribution in [3.63, 3.8) is 0 Å². The molecule has 0 aromatic heterocycles. The van der Waals surface area contributed by atoms with Gasteiger partial charge in [-0.1, -0.05) is 30.7 Å². The highest BCUT2D eigenvalue weighted by atomic mass is 35.5. The second kappa shape index (κ2) is 7.78. The number of hydrogen-bond donors (Lipinski definition) is 0. The van der Waals surface area contributed by atoms with Crippen molar-refractivity contribution in [3.05, 3.63) is 34.9 Å². The van der Waals surface area contributed by atoms with Crippen molar-refractivity contribution in [1.82, 2.24) is 0 Å². The fourth-order valence-electron chi connectivity index (χ4n) is 2.21. The normalized spacial score (nSPS) is 13.4. The molecule has 6 heteroatoms. The van der Waals surface area contributed by atoms with Crippen molar-refractivity contribution >= 4 is 29.8 Å². The largest absolute Gasteiger partial charge is 0.468 e. The van der Waals surface area contributed by atoms with E-state index in [1.807, 2.05) is 0 Å². The Morgan fingerprint density at radius 2 is 1.57 bits per heavy atom. The maximum absolute atomic E-state index is 11.9. The summed E-state index contributed by atoms with van der Waals surface area (Å²) < 4.78 is 9.35.